The fourth-order valence-electron chi connectivity index (χ4n) is 3.24. The molecule has 0 aliphatic carbocycles. The van der Waals surface area contributed by atoms with Crippen LogP contribution in [-0.4, -0.2) is 93.4 Å². The summed E-state index contributed by atoms with van der Waals surface area (Å²) in [6.45, 7) is 1.06. The lowest BCUT2D eigenvalue weighted by molar-refractivity contribution is -0.870. The van der Waals surface area contributed by atoms with Crippen LogP contribution in [-0.2, 0) is 32.6 Å². The molecule has 0 fully saturated rings. The number of carbonyl (C=O) groups excluding carboxylic acids is 2. The van der Waals surface area contributed by atoms with Crippen LogP contribution in [0.1, 0.15) is 71.1 Å². The molecule has 0 rings (SSSR count). The molecule has 0 saturated carbocycles. The Labute approximate surface area is 258 Å². The number of allylic oxidation sites excluding steroid dienone is 8. The van der Waals surface area contributed by atoms with E-state index in [0.717, 1.165) is 19.3 Å². The molecule has 0 bridgehead atoms. The highest BCUT2D eigenvalue weighted by atomic mass is 31.2. The normalized spacial score (nSPS) is 14.6. The Morgan fingerprint density at radius 3 is 1.91 bits per heavy atom. The van der Waals surface area contributed by atoms with Gasteiger partial charge in [0.1, 0.15) is 26.4 Å². The molecule has 0 heterocycles. The highest BCUT2D eigenvalue weighted by molar-refractivity contribution is 7.47. The average Bonchev–Trinajstić information content (AvgIpc) is 2.94. The van der Waals surface area contributed by atoms with Crippen molar-refractivity contribution in [3.05, 3.63) is 48.6 Å². The Morgan fingerprint density at radius 1 is 0.791 bits per heavy atom. The second-order valence-corrected chi connectivity index (χ2v) is 12.3. The van der Waals surface area contributed by atoms with Gasteiger partial charge in [-0.2, -0.15) is 0 Å². The van der Waals surface area contributed by atoms with Crippen molar-refractivity contribution in [2.45, 2.75) is 77.2 Å². The number of aliphatic hydroxyl groups excluding tert-OH is 1. The number of phosphoric ester groups is 1. The average molecular weight is 633 g/mol. The summed E-state index contributed by atoms with van der Waals surface area (Å²) in [7, 11) is 1.46. The first kappa shape index (κ1) is 40.7. The third kappa shape index (κ3) is 29.6. The minimum absolute atomic E-state index is 0.0198. The van der Waals surface area contributed by atoms with Crippen LogP contribution in [0.3, 0.4) is 0 Å². The van der Waals surface area contributed by atoms with Gasteiger partial charge < -0.3 is 28.7 Å². The molecule has 43 heavy (non-hydrogen) atoms. The minimum atomic E-state index is -4.26. The zero-order valence-corrected chi connectivity index (χ0v) is 27.5. The van der Waals surface area contributed by atoms with E-state index in [1.54, 1.807) is 0 Å². The highest BCUT2D eigenvalue weighted by Crippen LogP contribution is 2.42. The molecule has 0 aromatic carbocycles. The summed E-state index contributed by atoms with van der Waals surface area (Å²) >= 11 is 0. The molecular formula is C31H55NO10P+. The topological polar surface area (TPSA) is 138 Å². The molecule has 2 N–H and O–H groups in total. The zero-order chi connectivity index (χ0) is 32.2. The molecule has 248 valence electrons. The summed E-state index contributed by atoms with van der Waals surface area (Å²) in [5.74, 6) is -0.510. The Hall–Kier alpha value is -2.27. The molecule has 0 aromatic heterocycles. The number of likely N-dealkylation sites (N-methyl/N-ethyl adjacent to an activating group) is 1. The smallest absolute Gasteiger partial charge is 0.456 e. The predicted octanol–water partition coefficient (Wildman–Crippen LogP) is 6.03. The van der Waals surface area contributed by atoms with Gasteiger partial charge in [0.05, 0.1) is 34.4 Å². The van der Waals surface area contributed by atoms with E-state index in [2.05, 4.69) is 43.4 Å². The van der Waals surface area contributed by atoms with E-state index in [1.165, 1.54) is 25.7 Å². The molecule has 0 radical (unpaired) electrons. The summed E-state index contributed by atoms with van der Waals surface area (Å²) in [6.07, 6.45) is 24.1. The number of carbonyl (C=O) groups is 2. The van der Waals surface area contributed by atoms with E-state index in [9.17, 15) is 24.2 Å². The van der Waals surface area contributed by atoms with Crippen LogP contribution in [0.2, 0.25) is 0 Å². The third-order valence-corrected chi connectivity index (χ3v) is 6.69. The van der Waals surface area contributed by atoms with E-state index in [1.807, 2.05) is 33.3 Å². The SMILES string of the molecule is CCCCC/C=C\C/C=C\C/C=C\C/C=C\CCCC(=O)OC(CO)COC(=O)OCCOP(=O)(O)OCC[N+](C)(C)C. The molecule has 0 aliphatic heterocycles. The van der Waals surface area contributed by atoms with Crippen LogP contribution >= 0.6 is 7.82 Å². The molecule has 12 heteroatoms. The Bertz CT molecular complexity index is 895. The minimum Gasteiger partial charge on any atom is -0.456 e. The lowest BCUT2D eigenvalue weighted by Gasteiger charge is -2.24. The zero-order valence-electron chi connectivity index (χ0n) is 26.6. The van der Waals surface area contributed by atoms with Gasteiger partial charge in [0.25, 0.3) is 0 Å². The van der Waals surface area contributed by atoms with Crippen LogP contribution in [0.15, 0.2) is 48.6 Å². The van der Waals surface area contributed by atoms with Gasteiger partial charge in [0, 0.05) is 6.42 Å². The summed E-state index contributed by atoms with van der Waals surface area (Å²) in [5, 5.41) is 9.40. The molecular weight excluding hydrogens is 577 g/mol. The van der Waals surface area contributed by atoms with Crippen molar-refractivity contribution < 1.29 is 51.9 Å². The lowest BCUT2D eigenvalue weighted by atomic mass is 10.2. The second-order valence-electron chi connectivity index (χ2n) is 10.8. The molecule has 2 atom stereocenters. The highest BCUT2D eigenvalue weighted by Gasteiger charge is 2.23. The second kappa shape index (κ2) is 26.2. The van der Waals surface area contributed by atoms with E-state index in [4.69, 9.17) is 23.3 Å². The van der Waals surface area contributed by atoms with Crippen LogP contribution in [0, 0.1) is 0 Å². The monoisotopic (exact) mass is 632 g/mol. The van der Waals surface area contributed by atoms with Crippen molar-refractivity contribution in [1.82, 2.24) is 0 Å². The summed E-state index contributed by atoms with van der Waals surface area (Å²) < 4.78 is 36.6. The molecule has 0 aliphatic rings. The molecule has 11 nitrogen and oxygen atoms in total. The fourth-order valence-corrected chi connectivity index (χ4v) is 3.93. The number of quaternary nitrogens is 1. The first-order valence-electron chi connectivity index (χ1n) is 15.1. The van der Waals surface area contributed by atoms with Crippen molar-refractivity contribution in [3.8, 4) is 0 Å². The van der Waals surface area contributed by atoms with Crippen molar-refractivity contribution in [2.24, 2.45) is 0 Å². The molecule has 2 unspecified atom stereocenters. The number of nitrogens with zero attached hydrogens (tertiary/aromatic N) is 1. The quantitative estimate of drug-likeness (QED) is 0.0382. The van der Waals surface area contributed by atoms with Crippen molar-refractivity contribution in [3.63, 3.8) is 0 Å². The van der Waals surface area contributed by atoms with Crippen LogP contribution in [0.4, 0.5) is 4.79 Å². The first-order chi connectivity index (χ1) is 20.5. The maximum absolute atomic E-state index is 12.0. The van der Waals surface area contributed by atoms with E-state index in [-0.39, 0.29) is 26.2 Å². The van der Waals surface area contributed by atoms with Gasteiger partial charge in [-0.1, -0.05) is 68.4 Å². The van der Waals surface area contributed by atoms with Crippen LogP contribution in [0.5, 0.6) is 0 Å². The molecule has 0 amide bonds. The maximum Gasteiger partial charge on any atom is 0.508 e. The maximum atomic E-state index is 12.0. The Balaban J connectivity index is 3.91. The van der Waals surface area contributed by atoms with Gasteiger partial charge in [-0.05, 0) is 44.9 Å². The molecule has 0 aromatic rings. The van der Waals surface area contributed by atoms with E-state index < -0.39 is 39.3 Å². The predicted molar refractivity (Wildman–Crippen MR) is 167 cm³/mol. The van der Waals surface area contributed by atoms with E-state index >= 15 is 0 Å². The number of phosphoric acid groups is 1. The lowest BCUT2D eigenvalue weighted by Crippen LogP contribution is -2.37. The largest absolute Gasteiger partial charge is 0.508 e. The Kier molecular flexibility index (Phi) is 24.8. The fraction of sp³-hybridized carbons (Fsp3) is 0.677. The number of ether oxygens (including phenoxy) is 3. The molecule has 0 saturated heterocycles. The van der Waals surface area contributed by atoms with Gasteiger partial charge in [-0.25, -0.2) is 9.36 Å². The van der Waals surface area contributed by atoms with Crippen LogP contribution < -0.4 is 0 Å². The van der Waals surface area contributed by atoms with Gasteiger partial charge in [-0.15, -0.1) is 0 Å². The first-order valence-corrected chi connectivity index (χ1v) is 16.6. The van der Waals surface area contributed by atoms with Gasteiger partial charge in [0.15, 0.2) is 6.10 Å². The molecule has 0 spiro atoms. The standard InChI is InChI=1S/C31H54NO10P/c1-5-6-7-8-9-10-11-12-13-14-15-16-17-18-19-20-21-22-30(34)42-29(27-33)28-39-31(35)38-25-26-41-43(36,37)40-24-23-32(2,3)4/h9-10,12-13,15-16,18-19,29,33H,5-8,11,14,17,20-28H2,1-4H3/p+1/b10-9-,13-12-,16-15-,19-18-. The van der Waals surface area contributed by atoms with Crippen molar-refractivity contribution in [1.29, 1.82) is 0 Å². The number of rotatable bonds is 26. The van der Waals surface area contributed by atoms with E-state index in [0.29, 0.717) is 23.9 Å². The number of unbranched alkanes of at least 4 members (excludes halogenated alkanes) is 4. The number of aliphatic hydroxyl groups is 1. The van der Waals surface area contributed by atoms with Gasteiger partial charge in [-0.3, -0.25) is 13.8 Å². The van der Waals surface area contributed by atoms with Crippen molar-refractivity contribution in [2.75, 3.05) is 60.7 Å². The van der Waals surface area contributed by atoms with Crippen LogP contribution in [0.25, 0.3) is 0 Å². The Morgan fingerprint density at radius 2 is 1.35 bits per heavy atom. The summed E-state index contributed by atoms with van der Waals surface area (Å²) in [5.41, 5.74) is 0. The summed E-state index contributed by atoms with van der Waals surface area (Å²) in [6, 6.07) is 0. The number of esters is 1. The van der Waals surface area contributed by atoms with Gasteiger partial charge in [0.2, 0.25) is 0 Å². The number of hydrogen-bond acceptors (Lipinski definition) is 9. The summed E-state index contributed by atoms with van der Waals surface area (Å²) in [4.78, 5) is 33.3. The van der Waals surface area contributed by atoms with Crippen molar-refractivity contribution >= 4 is 19.9 Å². The third-order valence-electron chi connectivity index (χ3n) is 5.67. The number of hydrogen-bond donors (Lipinski definition) is 2. The van der Waals surface area contributed by atoms with Gasteiger partial charge >= 0.3 is 19.9 Å².